The second kappa shape index (κ2) is 11.8. The maximum Gasteiger partial charge on any atom is 0.417 e. The number of rotatable bonds is 11. The number of halogens is 3. The number of aromatic nitrogens is 2. The van der Waals surface area contributed by atoms with Crippen LogP contribution in [0.5, 0.6) is 0 Å². The normalized spacial score (nSPS) is 15.4. The molecule has 0 aliphatic carbocycles. The molecule has 1 aliphatic rings. The van der Waals surface area contributed by atoms with Gasteiger partial charge < -0.3 is 14.5 Å². The molecule has 2 aromatic heterocycles. The lowest BCUT2D eigenvalue weighted by molar-refractivity contribution is -0.136. The fourth-order valence-electron chi connectivity index (χ4n) is 6.05. The van der Waals surface area contributed by atoms with Crippen molar-refractivity contribution >= 4 is 21.8 Å². The van der Waals surface area contributed by atoms with Crippen molar-refractivity contribution in [3.8, 4) is 0 Å². The fraction of sp³-hybridized carbons (Fsp3) is 0.621. The van der Waals surface area contributed by atoms with E-state index in [1.165, 1.54) is 71.0 Å². The molecule has 0 saturated carbocycles. The van der Waals surface area contributed by atoms with Crippen LogP contribution < -0.4 is 5.56 Å². The summed E-state index contributed by atoms with van der Waals surface area (Å²) in [4.78, 5) is 17.1. The Morgan fingerprint density at radius 1 is 0.889 bits per heavy atom. The van der Waals surface area contributed by atoms with Crippen molar-refractivity contribution in [3.05, 3.63) is 45.4 Å². The summed E-state index contributed by atoms with van der Waals surface area (Å²) in [5, 5.41) is 0.719. The molecule has 7 heteroatoms. The number of unbranched alkanes of at least 4 members (excludes halogenated alkanes) is 6. The summed E-state index contributed by atoms with van der Waals surface area (Å²) in [5.74, 6) is 0. The molecule has 4 rings (SSSR count). The van der Waals surface area contributed by atoms with Gasteiger partial charge in [-0.05, 0) is 76.4 Å². The van der Waals surface area contributed by atoms with Gasteiger partial charge in [0.1, 0.15) is 0 Å². The van der Waals surface area contributed by atoms with Gasteiger partial charge in [0.15, 0.2) is 0 Å². The predicted molar refractivity (Wildman–Crippen MR) is 142 cm³/mol. The van der Waals surface area contributed by atoms with Crippen LogP contribution in [0.4, 0.5) is 13.2 Å². The number of nitrogens with zero attached hydrogens (tertiary/aromatic N) is 2. The molecule has 0 bridgehead atoms. The molecule has 0 unspecified atom stereocenters. The number of likely N-dealkylation sites (tertiary alicyclic amines) is 1. The van der Waals surface area contributed by atoms with Crippen LogP contribution in [0.15, 0.2) is 23.0 Å². The van der Waals surface area contributed by atoms with Gasteiger partial charge in [0.2, 0.25) is 5.56 Å². The fourth-order valence-corrected chi connectivity index (χ4v) is 6.05. The highest BCUT2D eigenvalue weighted by molar-refractivity contribution is 6.09. The zero-order valence-electron chi connectivity index (χ0n) is 21.8. The number of hydrogen-bond acceptors (Lipinski definition) is 2. The Kier molecular flexibility index (Phi) is 8.81. The molecule has 0 spiro atoms. The molecule has 4 nitrogen and oxygen atoms in total. The number of piperidine rings is 1. The van der Waals surface area contributed by atoms with Crippen LogP contribution in [0.1, 0.15) is 88.0 Å². The van der Waals surface area contributed by atoms with E-state index in [-0.39, 0.29) is 10.9 Å². The highest BCUT2D eigenvalue weighted by Crippen LogP contribution is 2.39. The third kappa shape index (κ3) is 5.99. The lowest BCUT2D eigenvalue weighted by atomic mass is 10.0. The number of benzene rings is 1. The molecule has 1 aliphatic heterocycles. The zero-order valence-corrected chi connectivity index (χ0v) is 21.8. The number of fused-ring (bicyclic) bond motifs is 3. The minimum absolute atomic E-state index is 0.107. The molecule has 1 N–H and O–H groups in total. The van der Waals surface area contributed by atoms with E-state index in [2.05, 4.69) is 21.4 Å². The molecular formula is C29H40F3N3O. The van der Waals surface area contributed by atoms with Crippen molar-refractivity contribution in [2.45, 2.75) is 97.2 Å². The smallest absolute Gasteiger partial charge is 0.344 e. The Hall–Kier alpha value is -2.28. The minimum atomic E-state index is -4.59. The Labute approximate surface area is 211 Å². The van der Waals surface area contributed by atoms with Crippen LogP contribution >= 0.6 is 0 Å². The number of hydrogen-bond donors (Lipinski definition) is 1. The van der Waals surface area contributed by atoms with Crippen LogP contribution in [0.2, 0.25) is 0 Å². The molecule has 3 heterocycles. The minimum Gasteiger partial charge on any atom is -0.344 e. The van der Waals surface area contributed by atoms with Gasteiger partial charge in [-0.15, -0.1) is 0 Å². The van der Waals surface area contributed by atoms with Crippen molar-refractivity contribution in [1.82, 2.24) is 14.5 Å². The Morgan fingerprint density at radius 3 is 2.17 bits per heavy atom. The van der Waals surface area contributed by atoms with Crippen molar-refractivity contribution in [1.29, 1.82) is 0 Å². The average molecular weight is 504 g/mol. The highest BCUT2D eigenvalue weighted by Gasteiger charge is 2.34. The molecule has 0 atom stereocenters. The third-order valence-electron chi connectivity index (χ3n) is 7.86. The van der Waals surface area contributed by atoms with Crippen LogP contribution in [0, 0.1) is 6.92 Å². The molecule has 0 radical (unpaired) electrons. The molecule has 36 heavy (non-hydrogen) atoms. The number of aromatic amines is 1. The lowest BCUT2D eigenvalue weighted by Gasteiger charge is -2.26. The van der Waals surface area contributed by atoms with Crippen LogP contribution in [0.3, 0.4) is 0 Å². The summed E-state index contributed by atoms with van der Waals surface area (Å²) in [5.41, 5.74) is 1.44. The summed E-state index contributed by atoms with van der Waals surface area (Å²) < 4.78 is 43.8. The summed E-state index contributed by atoms with van der Waals surface area (Å²) in [6.45, 7) is 8.57. The van der Waals surface area contributed by atoms with Crippen molar-refractivity contribution in [2.24, 2.45) is 0 Å². The van der Waals surface area contributed by atoms with Gasteiger partial charge in [0.05, 0.1) is 5.56 Å². The molecule has 0 amide bonds. The van der Waals surface area contributed by atoms with Gasteiger partial charge >= 0.3 is 6.18 Å². The number of alkyl halides is 3. The Bertz CT molecular complexity index is 1220. The second-order valence-corrected chi connectivity index (χ2v) is 10.4. The number of aryl methyl sites for hydroxylation is 2. The summed E-state index contributed by atoms with van der Waals surface area (Å²) in [6.07, 6.45) is 8.74. The average Bonchev–Trinajstić information content (AvgIpc) is 3.13. The molecule has 1 saturated heterocycles. The van der Waals surface area contributed by atoms with Crippen molar-refractivity contribution in [3.63, 3.8) is 0 Å². The Morgan fingerprint density at radius 2 is 1.53 bits per heavy atom. The number of pyridine rings is 1. The van der Waals surface area contributed by atoms with Gasteiger partial charge in [-0.2, -0.15) is 13.2 Å². The van der Waals surface area contributed by atoms with E-state index in [0.717, 1.165) is 42.6 Å². The van der Waals surface area contributed by atoms with Crippen molar-refractivity contribution in [2.75, 3.05) is 19.6 Å². The van der Waals surface area contributed by atoms with Crippen LogP contribution in [-0.4, -0.2) is 34.1 Å². The predicted octanol–water partition coefficient (Wildman–Crippen LogP) is 7.59. The maximum atomic E-state index is 13.9. The van der Waals surface area contributed by atoms with E-state index in [9.17, 15) is 18.0 Å². The lowest BCUT2D eigenvalue weighted by Crippen LogP contribution is -2.30. The highest BCUT2D eigenvalue weighted by atomic mass is 19.4. The summed E-state index contributed by atoms with van der Waals surface area (Å²) in [7, 11) is 0. The third-order valence-corrected chi connectivity index (χ3v) is 7.86. The zero-order chi connectivity index (χ0) is 25.7. The first-order valence-electron chi connectivity index (χ1n) is 13.8. The SMILES string of the molecule is CCc1c(C)c2c3c(C(F)(F)F)cc(=O)[nH]c3ccc2n1CCCCCCCCCN1CCCCC1. The van der Waals surface area contributed by atoms with E-state index in [1.807, 2.05) is 13.0 Å². The van der Waals surface area contributed by atoms with Gasteiger partial charge in [0, 0.05) is 40.1 Å². The maximum absolute atomic E-state index is 13.9. The largest absolute Gasteiger partial charge is 0.417 e. The van der Waals surface area contributed by atoms with E-state index in [1.54, 1.807) is 6.07 Å². The molecule has 198 valence electrons. The first kappa shape index (κ1) is 26.8. The van der Waals surface area contributed by atoms with Crippen LogP contribution in [0.25, 0.3) is 21.8 Å². The Balaban J connectivity index is 1.39. The van der Waals surface area contributed by atoms with Gasteiger partial charge in [0.25, 0.3) is 0 Å². The standard InChI is InChI=1S/C29H40F3N3O/c1-3-24-21(2)27-25(15-14-23-28(27)22(29(30,31)32)20-26(36)33-23)35(24)19-13-8-6-4-5-7-10-16-34-17-11-9-12-18-34/h14-15,20H,3-13,16-19H2,1-2H3,(H,33,36). The van der Waals surface area contributed by atoms with E-state index in [4.69, 9.17) is 0 Å². The molecule has 1 aromatic carbocycles. The van der Waals surface area contributed by atoms with Crippen LogP contribution in [-0.2, 0) is 19.1 Å². The quantitative estimate of drug-likeness (QED) is 0.274. The summed E-state index contributed by atoms with van der Waals surface area (Å²) in [6, 6.07) is 4.17. The van der Waals surface area contributed by atoms with E-state index < -0.39 is 17.3 Å². The molecule has 3 aromatic rings. The second-order valence-electron chi connectivity index (χ2n) is 10.4. The number of H-pyrrole nitrogens is 1. The van der Waals surface area contributed by atoms with Gasteiger partial charge in [-0.25, -0.2) is 0 Å². The van der Waals surface area contributed by atoms with Gasteiger partial charge in [-0.3, -0.25) is 4.79 Å². The van der Waals surface area contributed by atoms with E-state index in [0.29, 0.717) is 11.5 Å². The van der Waals surface area contributed by atoms with E-state index >= 15 is 0 Å². The van der Waals surface area contributed by atoms with Crippen molar-refractivity contribution < 1.29 is 13.2 Å². The topological polar surface area (TPSA) is 41.0 Å². The molecule has 1 fully saturated rings. The first-order valence-corrected chi connectivity index (χ1v) is 13.8. The number of nitrogens with one attached hydrogen (secondary N) is 1. The monoisotopic (exact) mass is 503 g/mol. The van der Waals surface area contributed by atoms with Gasteiger partial charge in [-0.1, -0.05) is 45.4 Å². The summed E-state index contributed by atoms with van der Waals surface area (Å²) >= 11 is 0. The first-order chi connectivity index (χ1) is 17.3. The molecular weight excluding hydrogens is 463 g/mol.